The van der Waals surface area contributed by atoms with Gasteiger partial charge in [0.25, 0.3) is 0 Å². The minimum Gasteiger partial charge on any atom is -0.389 e. The lowest BCUT2D eigenvalue weighted by molar-refractivity contribution is 0.140. The van der Waals surface area contributed by atoms with Gasteiger partial charge in [-0.05, 0) is 6.42 Å². The van der Waals surface area contributed by atoms with Crippen molar-refractivity contribution in [2.75, 3.05) is 62.9 Å². The van der Waals surface area contributed by atoms with Gasteiger partial charge in [-0.15, -0.1) is 0 Å². The Balaban J connectivity index is 1.73. The van der Waals surface area contributed by atoms with Crippen molar-refractivity contribution in [2.24, 2.45) is 0 Å². The van der Waals surface area contributed by atoms with Crippen LogP contribution in [-0.4, -0.2) is 86.6 Å². The van der Waals surface area contributed by atoms with Gasteiger partial charge in [-0.2, -0.15) is 4.98 Å². The average molecular weight is 371 g/mol. The number of ether oxygens (including phenoxy) is 1. The summed E-state index contributed by atoms with van der Waals surface area (Å²) in [4.78, 5) is 11.0. The molecule has 1 aromatic rings. The van der Waals surface area contributed by atoms with E-state index in [1.54, 1.807) is 0 Å². The minimum atomic E-state index is -3.26. The number of anilines is 2. The number of hydrogen-bond donors (Lipinski definition) is 2. The normalized spacial score (nSPS) is 21.6. The van der Waals surface area contributed by atoms with E-state index < -0.39 is 10.0 Å². The first-order chi connectivity index (χ1) is 11.8. The molecule has 3 heterocycles. The van der Waals surface area contributed by atoms with Crippen molar-refractivity contribution in [2.45, 2.75) is 18.4 Å². The second-order valence-corrected chi connectivity index (χ2v) is 8.92. The van der Waals surface area contributed by atoms with E-state index in [-0.39, 0.29) is 24.3 Å². The molecule has 1 aromatic heterocycles. The second kappa shape index (κ2) is 7.40. The smallest absolute Gasteiger partial charge is 0.227 e. The van der Waals surface area contributed by atoms with Crippen molar-refractivity contribution in [3.05, 3.63) is 11.8 Å². The first-order valence-corrected chi connectivity index (χ1v) is 10.00. The van der Waals surface area contributed by atoms with Crippen LogP contribution in [0.15, 0.2) is 6.07 Å². The molecule has 2 N–H and O–H groups in total. The van der Waals surface area contributed by atoms with Gasteiger partial charge in [0, 0.05) is 52.3 Å². The predicted octanol–water partition coefficient (Wildman–Crippen LogP) is -0.535. The van der Waals surface area contributed by atoms with Crippen LogP contribution in [0.2, 0.25) is 0 Å². The van der Waals surface area contributed by atoms with Gasteiger partial charge >= 0.3 is 0 Å². The summed E-state index contributed by atoms with van der Waals surface area (Å²) in [6, 6.07) is 1.86. The van der Waals surface area contributed by atoms with Gasteiger partial charge in [0.05, 0.1) is 24.2 Å². The molecular weight excluding hydrogens is 346 g/mol. The molecule has 1 unspecified atom stereocenters. The van der Waals surface area contributed by atoms with Crippen molar-refractivity contribution in [1.29, 1.82) is 0 Å². The number of nitrogens with one attached hydrogen (secondary N) is 1. The summed E-state index contributed by atoms with van der Waals surface area (Å²) in [5.74, 6) is 1.37. The Kier molecular flexibility index (Phi) is 5.42. The van der Waals surface area contributed by atoms with Crippen LogP contribution in [0.25, 0.3) is 0 Å². The Morgan fingerprint density at radius 3 is 2.76 bits per heavy atom. The van der Waals surface area contributed by atoms with Gasteiger partial charge in [0.15, 0.2) is 0 Å². The third-order valence-electron chi connectivity index (χ3n) is 4.45. The van der Waals surface area contributed by atoms with Crippen molar-refractivity contribution < 1.29 is 18.3 Å². The van der Waals surface area contributed by atoms with Crippen molar-refractivity contribution in [3.8, 4) is 0 Å². The summed E-state index contributed by atoms with van der Waals surface area (Å²) in [5.41, 5.74) is 0.891. The van der Waals surface area contributed by atoms with Crippen LogP contribution in [0.3, 0.4) is 0 Å². The zero-order chi connectivity index (χ0) is 18.0. The molecule has 2 fully saturated rings. The quantitative estimate of drug-likeness (QED) is 0.658. The summed E-state index contributed by atoms with van der Waals surface area (Å²) in [5, 5.41) is 12.6. The molecule has 0 aromatic carbocycles. The van der Waals surface area contributed by atoms with Crippen LogP contribution in [0.1, 0.15) is 18.0 Å². The highest BCUT2D eigenvalue weighted by atomic mass is 32.2. The third kappa shape index (κ3) is 4.38. The predicted molar refractivity (Wildman–Crippen MR) is 94.4 cm³/mol. The molecule has 140 valence electrons. The molecule has 2 aliphatic rings. The largest absolute Gasteiger partial charge is 0.389 e. The maximum atomic E-state index is 11.9. The Morgan fingerprint density at radius 1 is 1.40 bits per heavy atom. The zero-order valence-corrected chi connectivity index (χ0v) is 15.4. The summed E-state index contributed by atoms with van der Waals surface area (Å²) in [6.45, 7) is 2.64. The van der Waals surface area contributed by atoms with Crippen molar-refractivity contribution >= 4 is 21.8 Å². The fourth-order valence-corrected chi connectivity index (χ4v) is 3.50. The summed E-state index contributed by atoms with van der Waals surface area (Å²) >= 11 is 0. The topological polar surface area (TPSA) is 108 Å². The number of rotatable bonds is 7. The molecule has 9 nitrogen and oxygen atoms in total. The third-order valence-corrected chi connectivity index (χ3v) is 6.28. The van der Waals surface area contributed by atoms with E-state index in [0.717, 1.165) is 18.7 Å². The number of aromatic nitrogens is 2. The Hall–Kier alpha value is -1.49. The van der Waals surface area contributed by atoms with Gasteiger partial charge in [-0.25, -0.2) is 17.7 Å². The lowest BCUT2D eigenvalue weighted by Gasteiger charge is -2.36. The first kappa shape index (κ1) is 18.3. The Morgan fingerprint density at radius 2 is 2.16 bits per heavy atom. The summed E-state index contributed by atoms with van der Waals surface area (Å²) < 4.78 is 30.4. The lowest BCUT2D eigenvalue weighted by Crippen LogP contribution is -2.51. The molecule has 1 atom stereocenters. The highest BCUT2D eigenvalue weighted by molar-refractivity contribution is 7.89. The average Bonchev–Trinajstić information content (AvgIpc) is 3.05. The first-order valence-electron chi connectivity index (χ1n) is 8.39. The minimum absolute atomic E-state index is 0.0103. The van der Waals surface area contributed by atoms with E-state index in [1.165, 1.54) is 18.4 Å². The van der Waals surface area contributed by atoms with Gasteiger partial charge in [-0.1, -0.05) is 0 Å². The molecule has 10 heteroatoms. The van der Waals surface area contributed by atoms with E-state index in [9.17, 15) is 13.5 Å². The van der Waals surface area contributed by atoms with Gasteiger partial charge < -0.3 is 20.1 Å². The van der Waals surface area contributed by atoms with Crippen molar-refractivity contribution in [1.82, 2.24) is 14.3 Å². The molecule has 0 saturated carbocycles. The number of sulfonamides is 1. The van der Waals surface area contributed by atoms with Crippen molar-refractivity contribution in [3.63, 3.8) is 0 Å². The molecule has 3 rings (SSSR count). The monoisotopic (exact) mass is 371 g/mol. The molecule has 25 heavy (non-hydrogen) atoms. The van der Waals surface area contributed by atoms with Crippen LogP contribution in [0.5, 0.6) is 0 Å². The number of aliphatic hydroxyl groups is 1. The molecule has 0 radical (unpaired) electrons. The van der Waals surface area contributed by atoms with E-state index in [0.29, 0.717) is 31.5 Å². The summed E-state index contributed by atoms with van der Waals surface area (Å²) in [6.07, 6.45) is 0.566. The number of β-amino-alcohol motifs (C(OH)–C–C–N with tert-alkyl or cyclic N) is 1. The fourth-order valence-electron chi connectivity index (χ4n) is 2.77. The van der Waals surface area contributed by atoms with Gasteiger partial charge in [-0.3, -0.25) is 0 Å². The van der Waals surface area contributed by atoms with Crippen LogP contribution in [0, 0.1) is 0 Å². The maximum Gasteiger partial charge on any atom is 0.227 e. The number of nitrogens with zero attached hydrogens (tertiary/aromatic N) is 4. The fraction of sp³-hybridized carbons (Fsp3) is 0.733. The van der Waals surface area contributed by atoms with E-state index in [2.05, 4.69) is 15.3 Å². The van der Waals surface area contributed by atoms with Crippen LogP contribution >= 0.6 is 0 Å². The lowest BCUT2D eigenvalue weighted by atomic mass is 10.0. The molecule has 2 aliphatic heterocycles. The highest BCUT2D eigenvalue weighted by Gasteiger charge is 2.29. The molecule has 0 bridgehead atoms. The zero-order valence-electron chi connectivity index (χ0n) is 14.6. The van der Waals surface area contributed by atoms with Gasteiger partial charge in [0.2, 0.25) is 16.0 Å². The Labute approximate surface area is 148 Å². The molecule has 0 spiro atoms. The molecule has 2 saturated heterocycles. The summed E-state index contributed by atoms with van der Waals surface area (Å²) in [7, 11) is -0.219. The number of aliphatic hydroxyl groups excluding tert-OH is 1. The standard InChI is InChI=1S/C15H25N5O4S/c1-19(2)25(22,23)6-4-16-14-7-13(11-3-5-24-10-11)17-15(18-14)20-8-12(21)9-20/h7,11-12,21H,3-6,8-10H2,1-2H3,(H,16,17,18). The SMILES string of the molecule is CN(C)S(=O)(=O)CCNc1cc(C2CCOC2)nc(N2CC(O)C2)n1. The molecular formula is C15H25N5O4S. The highest BCUT2D eigenvalue weighted by Crippen LogP contribution is 2.28. The molecule has 0 aliphatic carbocycles. The second-order valence-electron chi connectivity index (χ2n) is 6.62. The van der Waals surface area contributed by atoms with E-state index >= 15 is 0 Å². The maximum absolute atomic E-state index is 11.9. The van der Waals surface area contributed by atoms with Gasteiger partial charge in [0.1, 0.15) is 5.82 Å². The van der Waals surface area contributed by atoms with Crippen LogP contribution < -0.4 is 10.2 Å². The van der Waals surface area contributed by atoms with E-state index in [4.69, 9.17) is 4.74 Å². The van der Waals surface area contributed by atoms with Crippen LogP contribution in [-0.2, 0) is 14.8 Å². The Bertz CT molecular complexity index is 700. The van der Waals surface area contributed by atoms with E-state index in [1.807, 2.05) is 11.0 Å². The molecule has 0 amide bonds. The number of hydrogen-bond acceptors (Lipinski definition) is 8. The van der Waals surface area contributed by atoms with Crippen LogP contribution in [0.4, 0.5) is 11.8 Å².